The molecule has 0 unspecified atom stereocenters. The van der Waals surface area contributed by atoms with Gasteiger partial charge in [-0.1, -0.05) is 30.3 Å². The minimum absolute atomic E-state index is 0.0449. The first-order valence-corrected chi connectivity index (χ1v) is 9.00. The Labute approximate surface area is 154 Å². The Kier molecular flexibility index (Phi) is 5.74. The van der Waals surface area contributed by atoms with E-state index in [2.05, 4.69) is 19.0 Å². The largest absolute Gasteiger partial charge is 0.494 e. The van der Waals surface area contributed by atoms with Crippen LogP contribution in [0.5, 0.6) is 5.75 Å². The first-order chi connectivity index (χ1) is 12.5. The zero-order valence-corrected chi connectivity index (χ0v) is 15.7. The van der Waals surface area contributed by atoms with Crippen LogP contribution in [0.3, 0.4) is 0 Å². The third-order valence-electron chi connectivity index (χ3n) is 4.46. The number of hydrogen-bond acceptors (Lipinski definition) is 3. The molecule has 2 aromatic carbocycles. The molecule has 0 bridgehead atoms. The molecule has 3 rings (SSSR count). The fourth-order valence-electron chi connectivity index (χ4n) is 3.15. The number of pyridine rings is 1. The van der Waals surface area contributed by atoms with Crippen LogP contribution in [0.1, 0.15) is 17.5 Å². The van der Waals surface area contributed by atoms with Gasteiger partial charge in [-0.15, -0.1) is 0 Å². The van der Waals surface area contributed by atoms with Crippen molar-refractivity contribution in [2.75, 3.05) is 27.2 Å². The van der Waals surface area contributed by atoms with Crippen molar-refractivity contribution in [3.05, 3.63) is 76.2 Å². The Balaban J connectivity index is 1.77. The molecule has 0 saturated carbocycles. The summed E-state index contributed by atoms with van der Waals surface area (Å²) in [4.78, 5) is 14.9. The molecule has 1 aromatic heterocycles. The second-order valence-corrected chi connectivity index (χ2v) is 6.94. The maximum Gasteiger partial charge on any atom is 0.258 e. The van der Waals surface area contributed by atoms with E-state index in [0.29, 0.717) is 13.2 Å². The van der Waals surface area contributed by atoms with Gasteiger partial charge in [0.05, 0.1) is 13.2 Å². The Morgan fingerprint density at radius 1 is 1.04 bits per heavy atom. The normalized spacial score (nSPS) is 11.2. The predicted octanol–water partition coefficient (Wildman–Crippen LogP) is 3.69. The number of benzene rings is 2. The summed E-state index contributed by atoms with van der Waals surface area (Å²) in [6, 6.07) is 15.8. The maximum atomic E-state index is 12.8. The lowest BCUT2D eigenvalue weighted by Crippen LogP contribution is -2.21. The number of hydrogen-bond donors (Lipinski definition) is 0. The molecule has 1 heterocycles. The number of fused-ring (bicyclic) bond motifs is 1. The van der Waals surface area contributed by atoms with E-state index >= 15 is 0 Å². The predicted molar refractivity (Wildman–Crippen MR) is 107 cm³/mol. The summed E-state index contributed by atoms with van der Waals surface area (Å²) in [5.74, 6) is 0.854. The molecule has 136 valence electrons. The number of nitrogens with zero attached hydrogens (tertiary/aromatic N) is 2. The number of rotatable bonds is 7. The summed E-state index contributed by atoms with van der Waals surface area (Å²) in [5, 5.41) is 1.79. The van der Waals surface area contributed by atoms with Crippen molar-refractivity contribution in [2.45, 2.75) is 19.9 Å². The van der Waals surface area contributed by atoms with Gasteiger partial charge in [0.1, 0.15) is 5.75 Å². The van der Waals surface area contributed by atoms with E-state index in [1.807, 2.05) is 61.7 Å². The van der Waals surface area contributed by atoms with Crippen molar-refractivity contribution >= 4 is 10.8 Å². The fraction of sp³-hybridized carbons (Fsp3) is 0.318. The molecule has 0 fully saturated rings. The molecule has 26 heavy (non-hydrogen) atoms. The van der Waals surface area contributed by atoms with Gasteiger partial charge in [-0.3, -0.25) is 4.79 Å². The van der Waals surface area contributed by atoms with Gasteiger partial charge in [-0.05, 0) is 62.2 Å². The first-order valence-electron chi connectivity index (χ1n) is 9.00. The van der Waals surface area contributed by atoms with Gasteiger partial charge in [-0.25, -0.2) is 0 Å². The summed E-state index contributed by atoms with van der Waals surface area (Å²) in [7, 11) is 4.12. The molecule has 4 nitrogen and oxygen atoms in total. The average molecular weight is 350 g/mol. The number of ether oxygens (including phenoxy) is 1. The smallest absolute Gasteiger partial charge is 0.258 e. The monoisotopic (exact) mass is 350 g/mol. The highest BCUT2D eigenvalue weighted by Crippen LogP contribution is 2.17. The molecule has 0 spiro atoms. The van der Waals surface area contributed by atoms with Crippen molar-refractivity contribution in [2.24, 2.45) is 0 Å². The molecule has 4 heteroatoms. The summed E-state index contributed by atoms with van der Waals surface area (Å²) < 4.78 is 7.63. The molecule has 0 N–H and O–H groups in total. The van der Waals surface area contributed by atoms with Gasteiger partial charge in [0, 0.05) is 18.1 Å². The van der Waals surface area contributed by atoms with Gasteiger partial charge in [0.15, 0.2) is 0 Å². The summed E-state index contributed by atoms with van der Waals surface area (Å²) >= 11 is 0. The second kappa shape index (κ2) is 8.19. The van der Waals surface area contributed by atoms with E-state index in [1.165, 1.54) is 0 Å². The first kappa shape index (κ1) is 18.2. The van der Waals surface area contributed by atoms with E-state index in [4.69, 9.17) is 4.74 Å². The Morgan fingerprint density at radius 2 is 1.81 bits per heavy atom. The molecule has 0 saturated heterocycles. The molecule has 0 amide bonds. The summed E-state index contributed by atoms with van der Waals surface area (Å²) in [6.07, 6.45) is 2.93. The number of aryl methyl sites for hydroxylation is 1. The van der Waals surface area contributed by atoms with Crippen LogP contribution in [0.4, 0.5) is 0 Å². The molecular formula is C22H26N2O2. The van der Waals surface area contributed by atoms with Gasteiger partial charge in [-0.2, -0.15) is 0 Å². The molecule has 0 radical (unpaired) electrons. The van der Waals surface area contributed by atoms with Crippen LogP contribution < -0.4 is 10.3 Å². The molecule has 3 aromatic rings. The standard InChI is InChI=1S/C22H26N2O2/c1-17-15-24(22(25)21-11-5-4-10-20(17)21)16-18-8-6-9-19(14-18)26-13-7-12-23(2)3/h4-6,8-11,14-15H,7,12-13,16H2,1-3H3. The zero-order chi connectivity index (χ0) is 18.5. The van der Waals surface area contributed by atoms with Crippen LogP contribution in [0.15, 0.2) is 59.5 Å². The van der Waals surface area contributed by atoms with Crippen molar-refractivity contribution < 1.29 is 4.74 Å². The van der Waals surface area contributed by atoms with Crippen molar-refractivity contribution in [3.8, 4) is 5.75 Å². The zero-order valence-electron chi connectivity index (χ0n) is 15.7. The van der Waals surface area contributed by atoms with E-state index in [9.17, 15) is 4.79 Å². The lowest BCUT2D eigenvalue weighted by molar-refractivity contribution is 0.281. The van der Waals surface area contributed by atoms with Crippen LogP contribution in [0.25, 0.3) is 10.8 Å². The highest BCUT2D eigenvalue weighted by molar-refractivity contribution is 5.84. The van der Waals surface area contributed by atoms with Crippen LogP contribution in [-0.4, -0.2) is 36.7 Å². The topological polar surface area (TPSA) is 34.5 Å². The average Bonchev–Trinajstić information content (AvgIpc) is 2.63. The Hall–Kier alpha value is -2.59. The quantitative estimate of drug-likeness (QED) is 0.610. The molecule has 0 aliphatic rings. The molecule has 0 atom stereocenters. The van der Waals surface area contributed by atoms with Crippen LogP contribution in [0, 0.1) is 6.92 Å². The van der Waals surface area contributed by atoms with Crippen molar-refractivity contribution in [1.29, 1.82) is 0 Å². The molecular weight excluding hydrogens is 324 g/mol. The van der Waals surface area contributed by atoms with Gasteiger partial charge in [0.25, 0.3) is 5.56 Å². The van der Waals surface area contributed by atoms with Crippen molar-refractivity contribution in [1.82, 2.24) is 9.47 Å². The summed E-state index contributed by atoms with van der Waals surface area (Å²) in [6.45, 7) is 4.28. The van der Waals surface area contributed by atoms with Crippen LogP contribution >= 0.6 is 0 Å². The van der Waals surface area contributed by atoms with Gasteiger partial charge in [0.2, 0.25) is 0 Å². The second-order valence-electron chi connectivity index (χ2n) is 6.94. The van der Waals surface area contributed by atoms with Gasteiger partial charge >= 0.3 is 0 Å². The minimum Gasteiger partial charge on any atom is -0.494 e. The van der Waals surface area contributed by atoms with Crippen LogP contribution in [0.2, 0.25) is 0 Å². The highest BCUT2D eigenvalue weighted by atomic mass is 16.5. The Morgan fingerprint density at radius 3 is 2.58 bits per heavy atom. The molecule has 0 aliphatic heterocycles. The fourth-order valence-corrected chi connectivity index (χ4v) is 3.15. The maximum absolute atomic E-state index is 12.8. The van der Waals surface area contributed by atoms with Gasteiger partial charge < -0.3 is 14.2 Å². The Bertz CT molecular complexity index is 944. The number of aromatic nitrogens is 1. The highest BCUT2D eigenvalue weighted by Gasteiger charge is 2.07. The molecule has 0 aliphatic carbocycles. The SMILES string of the molecule is Cc1cn(Cc2cccc(OCCCN(C)C)c2)c(=O)c2ccccc12. The van der Waals surface area contributed by atoms with E-state index in [0.717, 1.165) is 40.6 Å². The van der Waals surface area contributed by atoms with Crippen molar-refractivity contribution in [3.63, 3.8) is 0 Å². The van der Waals surface area contributed by atoms with E-state index in [-0.39, 0.29) is 5.56 Å². The lowest BCUT2D eigenvalue weighted by atomic mass is 10.1. The summed E-state index contributed by atoms with van der Waals surface area (Å²) in [5.41, 5.74) is 2.21. The third-order valence-corrected chi connectivity index (χ3v) is 4.46. The van der Waals surface area contributed by atoms with E-state index in [1.54, 1.807) is 4.57 Å². The lowest BCUT2D eigenvalue weighted by Gasteiger charge is -2.12. The van der Waals surface area contributed by atoms with Crippen LogP contribution in [-0.2, 0) is 6.54 Å². The van der Waals surface area contributed by atoms with E-state index < -0.39 is 0 Å². The third kappa shape index (κ3) is 4.33. The minimum atomic E-state index is 0.0449.